The first-order chi connectivity index (χ1) is 8.71. The van der Waals surface area contributed by atoms with Crippen LogP contribution >= 0.6 is 0 Å². The standard InChI is InChI=1S/C15H24N2O2/c1-10(17-9-13(18)14(16)19)11-5-7-12(8-6-11)15(2,3)4/h5-8,10,13,17-18H,9H2,1-4H3,(H2,16,19). The second-order valence-corrected chi connectivity index (χ2v) is 5.92. The summed E-state index contributed by atoms with van der Waals surface area (Å²) in [6.07, 6.45) is -1.14. The van der Waals surface area contributed by atoms with Gasteiger partial charge in [0.25, 0.3) is 0 Å². The predicted octanol–water partition coefficient (Wildman–Crippen LogP) is 1.48. The molecule has 0 heterocycles. The van der Waals surface area contributed by atoms with Crippen LogP contribution in [0.15, 0.2) is 24.3 Å². The number of carbonyl (C=O) groups is 1. The van der Waals surface area contributed by atoms with Crippen molar-refractivity contribution in [3.8, 4) is 0 Å². The van der Waals surface area contributed by atoms with E-state index in [0.717, 1.165) is 5.56 Å². The van der Waals surface area contributed by atoms with Crippen LogP contribution in [0.25, 0.3) is 0 Å². The molecule has 2 unspecified atom stereocenters. The third-order valence-electron chi connectivity index (χ3n) is 3.22. The Balaban J connectivity index is 2.63. The number of hydrogen-bond acceptors (Lipinski definition) is 3. The van der Waals surface area contributed by atoms with Gasteiger partial charge in [0.05, 0.1) is 0 Å². The molecule has 0 bridgehead atoms. The molecule has 4 heteroatoms. The molecule has 4 N–H and O–H groups in total. The molecule has 0 saturated heterocycles. The number of aliphatic hydroxyl groups excluding tert-OH is 1. The van der Waals surface area contributed by atoms with Crippen molar-refractivity contribution in [1.29, 1.82) is 0 Å². The van der Waals surface area contributed by atoms with E-state index in [0.29, 0.717) is 0 Å². The summed E-state index contributed by atoms with van der Waals surface area (Å²) in [6.45, 7) is 8.67. The predicted molar refractivity (Wildman–Crippen MR) is 76.8 cm³/mol. The van der Waals surface area contributed by atoms with Crippen LogP contribution in [-0.2, 0) is 10.2 Å². The highest BCUT2D eigenvalue weighted by molar-refractivity contribution is 5.78. The molecule has 0 fully saturated rings. The minimum atomic E-state index is -1.14. The summed E-state index contributed by atoms with van der Waals surface area (Å²) in [6, 6.07) is 8.41. The molecule has 1 rings (SSSR count). The van der Waals surface area contributed by atoms with Gasteiger partial charge in [-0.15, -0.1) is 0 Å². The van der Waals surface area contributed by atoms with Crippen LogP contribution < -0.4 is 11.1 Å². The zero-order valence-electron chi connectivity index (χ0n) is 12.1. The van der Waals surface area contributed by atoms with Crippen LogP contribution in [0.5, 0.6) is 0 Å². The van der Waals surface area contributed by atoms with Crippen LogP contribution in [0.3, 0.4) is 0 Å². The largest absolute Gasteiger partial charge is 0.382 e. The zero-order chi connectivity index (χ0) is 14.6. The van der Waals surface area contributed by atoms with Gasteiger partial charge >= 0.3 is 0 Å². The molecule has 0 radical (unpaired) electrons. The Hall–Kier alpha value is -1.39. The topological polar surface area (TPSA) is 75.3 Å². The first-order valence-corrected chi connectivity index (χ1v) is 6.53. The Morgan fingerprint density at radius 2 is 1.84 bits per heavy atom. The summed E-state index contributed by atoms with van der Waals surface area (Å²) in [5.41, 5.74) is 7.53. The van der Waals surface area contributed by atoms with Gasteiger partial charge in [0.15, 0.2) is 0 Å². The molecule has 2 atom stereocenters. The third-order valence-corrected chi connectivity index (χ3v) is 3.22. The quantitative estimate of drug-likeness (QED) is 0.754. The van der Waals surface area contributed by atoms with E-state index in [-0.39, 0.29) is 18.0 Å². The molecule has 0 aliphatic carbocycles. The van der Waals surface area contributed by atoms with Gasteiger partial charge in [-0.2, -0.15) is 0 Å². The molecule has 1 aromatic rings. The maximum absolute atomic E-state index is 10.7. The third kappa shape index (κ3) is 4.65. The number of hydrogen-bond donors (Lipinski definition) is 3. The lowest BCUT2D eigenvalue weighted by Crippen LogP contribution is -2.38. The normalized spacial score (nSPS) is 15.0. The summed E-state index contributed by atoms with van der Waals surface area (Å²) in [5.74, 6) is -0.706. The Morgan fingerprint density at radius 3 is 2.26 bits per heavy atom. The SMILES string of the molecule is CC(NCC(O)C(N)=O)c1ccc(C(C)(C)C)cc1. The molecule has 0 aliphatic rings. The lowest BCUT2D eigenvalue weighted by Gasteiger charge is -2.21. The molecule has 0 saturated carbocycles. The Kier molecular flexibility index (Phi) is 5.09. The fourth-order valence-electron chi connectivity index (χ4n) is 1.78. The Morgan fingerprint density at radius 1 is 1.32 bits per heavy atom. The van der Waals surface area contributed by atoms with Crippen LogP contribution in [-0.4, -0.2) is 23.7 Å². The number of aliphatic hydroxyl groups is 1. The minimum Gasteiger partial charge on any atom is -0.382 e. The summed E-state index contributed by atoms with van der Waals surface area (Å²) in [5, 5.41) is 12.4. The maximum atomic E-state index is 10.7. The number of primary amides is 1. The highest BCUT2D eigenvalue weighted by Crippen LogP contribution is 2.23. The van der Waals surface area contributed by atoms with Crippen molar-refractivity contribution >= 4 is 5.91 Å². The van der Waals surface area contributed by atoms with Gasteiger partial charge in [-0.05, 0) is 23.5 Å². The first kappa shape index (κ1) is 15.7. The highest BCUT2D eigenvalue weighted by atomic mass is 16.3. The van der Waals surface area contributed by atoms with Crippen molar-refractivity contribution in [1.82, 2.24) is 5.32 Å². The van der Waals surface area contributed by atoms with E-state index in [1.165, 1.54) is 5.56 Å². The first-order valence-electron chi connectivity index (χ1n) is 6.53. The second-order valence-electron chi connectivity index (χ2n) is 5.92. The van der Waals surface area contributed by atoms with Crippen molar-refractivity contribution in [3.05, 3.63) is 35.4 Å². The average molecular weight is 264 g/mol. The number of carbonyl (C=O) groups excluding carboxylic acids is 1. The highest BCUT2D eigenvalue weighted by Gasteiger charge is 2.15. The maximum Gasteiger partial charge on any atom is 0.247 e. The molecule has 0 spiro atoms. The van der Waals surface area contributed by atoms with Gasteiger partial charge < -0.3 is 16.2 Å². The monoisotopic (exact) mass is 264 g/mol. The lowest BCUT2D eigenvalue weighted by molar-refractivity contribution is -0.125. The van der Waals surface area contributed by atoms with Crippen LogP contribution in [0, 0.1) is 0 Å². The summed E-state index contributed by atoms with van der Waals surface area (Å²) < 4.78 is 0. The van der Waals surface area contributed by atoms with Gasteiger partial charge in [-0.25, -0.2) is 0 Å². The number of amides is 1. The summed E-state index contributed by atoms with van der Waals surface area (Å²) >= 11 is 0. The smallest absolute Gasteiger partial charge is 0.247 e. The number of nitrogens with one attached hydrogen (secondary N) is 1. The fraction of sp³-hybridized carbons (Fsp3) is 0.533. The van der Waals surface area contributed by atoms with Gasteiger partial charge in [-0.1, -0.05) is 45.0 Å². The van der Waals surface area contributed by atoms with Crippen LogP contribution in [0.1, 0.15) is 44.9 Å². The fourth-order valence-corrected chi connectivity index (χ4v) is 1.78. The van der Waals surface area contributed by atoms with E-state index in [4.69, 9.17) is 5.73 Å². The van der Waals surface area contributed by atoms with Gasteiger partial charge in [0, 0.05) is 12.6 Å². The van der Waals surface area contributed by atoms with E-state index >= 15 is 0 Å². The van der Waals surface area contributed by atoms with Crippen molar-refractivity contribution in [2.45, 2.75) is 45.3 Å². The number of benzene rings is 1. The molecule has 0 aliphatic heterocycles. The molecule has 4 nitrogen and oxygen atoms in total. The second kappa shape index (κ2) is 6.17. The zero-order valence-corrected chi connectivity index (χ0v) is 12.1. The molecule has 1 amide bonds. The number of rotatable bonds is 5. The summed E-state index contributed by atoms with van der Waals surface area (Å²) in [7, 11) is 0. The van der Waals surface area contributed by atoms with E-state index in [2.05, 4.69) is 50.4 Å². The average Bonchev–Trinajstić information content (AvgIpc) is 2.34. The Labute approximate surface area is 115 Å². The van der Waals surface area contributed by atoms with Crippen LogP contribution in [0.4, 0.5) is 0 Å². The minimum absolute atomic E-state index is 0.0584. The van der Waals surface area contributed by atoms with Crippen molar-refractivity contribution in [3.63, 3.8) is 0 Å². The van der Waals surface area contributed by atoms with E-state index < -0.39 is 12.0 Å². The van der Waals surface area contributed by atoms with Gasteiger partial charge in [0.2, 0.25) is 5.91 Å². The van der Waals surface area contributed by atoms with E-state index in [1.807, 2.05) is 6.92 Å². The van der Waals surface area contributed by atoms with Crippen molar-refractivity contribution < 1.29 is 9.90 Å². The number of nitrogens with two attached hydrogens (primary N) is 1. The van der Waals surface area contributed by atoms with E-state index in [1.54, 1.807) is 0 Å². The Bertz CT molecular complexity index is 421. The van der Waals surface area contributed by atoms with Crippen molar-refractivity contribution in [2.75, 3.05) is 6.54 Å². The molecule has 1 aromatic carbocycles. The van der Waals surface area contributed by atoms with Gasteiger partial charge in [0.1, 0.15) is 6.10 Å². The molecule has 0 aromatic heterocycles. The van der Waals surface area contributed by atoms with Crippen molar-refractivity contribution in [2.24, 2.45) is 5.73 Å². The van der Waals surface area contributed by atoms with Gasteiger partial charge in [-0.3, -0.25) is 4.79 Å². The molecule has 106 valence electrons. The molecule has 19 heavy (non-hydrogen) atoms. The van der Waals surface area contributed by atoms with Crippen LogP contribution in [0.2, 0.25) is 0 Å². The molecular formula is C15H24N2O2. The van der Waals surface area contributed by atoms with E-state index in [9.17, 15) is 9.90 Å². The molecular weight excluding hydrogens is 240 g/mol. The summed E-state index contributed by atoms with van der Waals surface area (Å²) in [4.78, 5) is 10.7. The lowest BCUT2D eigenvalue weighted by atomic mass is 9.86.